The van der Waals surface area contributed by atoms with Crippen LogP contribution in [-0.2, 0) is 9.59 Å². The standard InChI is InChI=1S/C19H26N2O3/c1-13(2)16-7-5-6-8-17(16)24-12-18(23)21-20-14-9-15(22)11-19(3,4)10-14/h5-8,13H,9-12H2,1-4H3,(H,21,23). The number of ether oxygens (including phenoxy) is 1. The van der Waals surface area contributed by atoms with Crippen molar-refractivity contribution in [1.82, 2.24) is 5.43 Å². The number of benzene rings is 1. The number of carbonyl (C=O) groups is 2. The molecule has 130 valence electrons. The van der Waals surface area contributed by atoms with Crippen LogP contribution in [-0.4, -0.2) is 24.0 Å². The second-order valence-electron chi connectivity index (χ2n) is 7.43. The van der Waals surface area contributed by atoms with E-state index in [9.17, 15) is 9.59 Å². The monoisotopic (exact) mass is 330 g/mol. The lowest BCUT2D eigenvalue weighted by Gasteiger charge is -2.28. The SMILES string of the molecule is CC(C)c1ccccc1OCC(=O)NN=C1CC(=O)CC(C)(C)C1. The maximum absolute atomic E-state index is 12.0. The summed E-state index contributed by atoms with van der Waals surface area (Å²) in [4.78, 5) is 23.7. The summed E-state index contributed by atoms with van der Waals surface area (Å²) in [6.45, 7) is 8.13. The highest BCUT2D eigenvalue weighted by molar-refractivity contribution is 6.05. The summed E-state index contributed by atoms with van der Waals surface area (Å²) in [6, 6.07) is 7.69. The highest BCUT2D eigenvalue weighted by Gasteiger charge is 2.30. The molecule has 1 aliphatic rings. The van der Waals surface area contributed by atoms with Crippen LogP contribution < -0.4 is 10.2 Å². The molecule has 0 saturated heterocycles. The van der Waals surface area contributed by atoms with E-state index in [1.54, 1.807) is 0 Å². The fourth-order valence-electron chi connectivity index (χ4n) is 2.99. The fraction of sp³-hybridized carbons (Fsp3) is 0.526. The molecule has 0 radical (unpaired) electrons. The van der Waals surface area contributed by atoms with Crippen molar-refractivity contribution in [2.45, 2.75) is 52.9 Å². The van der Waals surface area contributed by atoms with Crippen molar-refractivity contribution in [2.75, 3.05) is 6.61 Å². The number of nitrogens with one attached hydrogen (secondary N) is 1. The molecule has 0 bridgehead atoms. The smallest absolute Gasteiger partial charge is 0.277 e. The highest BCUT2D eigenvalue weighted by atomic mass is 16.5. The van der Waals surface area contributed by atoms with Gasteiger partial charge < -0.3 is 4.74 Å². The van der Waals surface area contributed by atoms with Crippen molar-refractivity contribution >= 4 is 17.4 Å². The summed E-state index contributed by atoms with van der Waals surface area (Å²) in [6.07, 6.45) is 1.60. The topological polar surface area (TPSA) is 67.8 Å². The van der Waals surface area contributed by atoms with E-state index in [1.165, 1.54) is 0 Å². The van der Waals surface area contributed by atoms with E-state index < -0.39 is 0 Å². The zero-order valence-corrected chi connectivity index (χ0v) is 14.9. The van der Waals surface area contributed by atoms with Gasteiger partial charge in [0.25, 0.3) is 5.91 Å². The molecule has 0 aromatic heterocycles. The van der Waals surface area contributed by atoms with Gasteiger partial charge in [0.15, 0.2) is 6.61 Å². The van der Waals surface area contributed by atoms with Crippen molar-refractivity contribution < 1.29 is 14.3 Å². The Morgan fingerprint density at radius 2 is 2.00 bits per heavy atom. The molecule has 0 spiro atoms. The van der Waals surface area contributed by atoms with E-state index in [4.69, 9.17) is 4.74 Å². The number of rotatable bonds is 5. The number of hydrazone groups is 1. The number of para-hydroxylation sites is 1. The van der Waals surface area contributed by atoms with Crippen LogP contribution in [0.1, 0.15) is 58.4 Å². The average Bonchev–Trinajstić information content (AvgIpc) is 2.49. The summed E-state index contributed by atoms with van der Waals surface area (Å²) in [5, 5.41) is 4.12. The van der Waals surface area contributed by atoms with Gasteiger partial charge in [-0.1, -0.05) is 45.9 Å². The van der Waals surface area contributed by atoms with Gasteiger partial charge in [0, 0.05) is 18.6 Å². The van der Waals surface area contributed by atoms with E-state index in [-0.39, 0.29) is 23.7 Å². The van der Waals surface area contributed by atoms with Crippen LogP contribution in [0.25, 0.3) is 0 Å². The van der Waals surface area contributed by atoms with Crippen LogP contribution in [0.5, 0.6) is 5.75 Å². The minimum absolute atomic E-state index is 0.0917. The molecule has 1 aromatic carbocycles. The van der Waals surface area contributed by atoms with E-state index >= 15 is 0 Å². The average molecular weight is 330 g/mol. The predicted octanol–water partition coefficient (Wildman–Crippen LogP) is 3.44. The third-order valence-electron chi connectivity index (χ3n) is 4.00. The maximum atomic E-state index is 12.0. The summed E-state index contributed by atoms with van der Waals surface area (Å²) < 4.78 is 5.61. The van der Waals surface area contributed by atoms with Gasteiger partial charge >= 0.3 is 0 Å². The van der Waals surface area contributed by atoms with Crippen LogP contribution in [0.15, 0.2) is 29.4 Å². The molecule has 0 heterocycles. The van der Waals surface area contributed by atoms with Crippen molar-refractivity contribution in [1.29, 1.82) is 0 Å². The van der Waals surface area contributed by atoms with E-state index in [1.807, 2.05) is 38.1 Å². The molecule has 1 saturated carbocycles. The van der Waals surface area contributed by atoms with Gasteiger partial charge in [-0.2, -0.15) is 5.10 Å². The molecular weight excluding hydrogens is 304 g/mol. The zero-order valence-electron chi connectivity index (χ0n) is 14.9. The summed E-state index contributed by atoms with van der Waals surface area (Å²) in [7, 11) is 0. The third kappa shape index (κ3) is 5.18. The van der Waals surface area contributed by atoms with Gasteiger partial charge in [0.1, 0.15) is 11.5 Å². The second kappa shape index (κ2) is 7.60. The predicted molar refractivity (Wildman–Crippen MR) is 94.2 cm³/mol. The molecule has 2 rings (SSSR count). The first kappa shape index (κ1) is 18.2. The lowest BCUT2D eigenvalue weighted by atomic mass is 9.76. The molecule has 0 atom stereocenters. The Balaban J connectivity index is 1.90. The second-order valence-corrected chi connectivity index (χ2v) is 7.43. The van der Waals surface area contributed by atoms with Crippen molar-refractivity contribution in [3.8, 4) is 5.75 Å². The third-order valence-corrected chi connectivity index (χ3v) is 4.00. The van der Waals surface area contributed by atoms with Gasteiger partial charge in [-0.15, -0.1) is 0 Å². The Labute approximate surface area is 143 Å². The zero-order chi connectivity index (χ0) is 17.7. The highest BCUT2D eigenvalue weighted by Crippen LogP contribution is 2.31. The number of ketones is 1. The molecule has 1 amide bonds. The summed E-state index contributed by atoms with van der Waals surface area (Å²) in [5.74, 6) is 0.877. The number of carbonyl (C=O) groups excluding carboxylic acids is 2. The molecular formula is C19H26N2O3. The maximum Gasteiger partial charge on any atom is 0.277 e. The number of amides is 1. The minimum atomic E-state index is -0.322. The number of hydrogen-bond donors (Lipinski definition) is 1. The first-order valence-corrected chi connectivity index (χ1v) is 8.34. The number of Topliss-reactive ketones (excluding diaryl/α,β-unsaturated/α-hetero) is 1. The Hall–Kier alpha value is -2.17. The minimum Gasteiger partial charge on any atom is -0.483 e. The largest absolute Gasteiger partial charge is 0.483 e. The molecule has 1 aromatic rings. The molecule has 0 aliphatic heterocycles. The normalized spacial score (nSPS) is 18.7. The van der Waals surface area contributed by atoms with E-state index in [2.05, 4.69) is 24.4 Å². The van der Waals surface area contributed by atoms with Crippen LogP contribution >= 0.6 is 0 Å². The van der Waals surface area contributed by atoms with E-state index in [0.29, 0.717) is 24.5 Å². The van der Waals surface area contributed by atoms with Crippen LogP contribution in [0, 0.1) is 5.41 Å². The number of hydrogen-bond acceptors (Lipinski definition) is 4. The molecule has 1 aliphatic carbocycles. The Bertz CT molecular complexity index is 648. The molecule has 5 heteroatoms. The first-order chi connectivity index (χ1) is 11.3. The summed E-state index contributed by atoms with van der Waals surface area (Å²) >= 11 is 0. The van der Waals surface area contributed by atoms with Crippen LogP contribution in [0.4, 0.5) is 0 Å². The summed E-state index contributed by atoms with van der Waals surface area (Å²) in [5.41, 5.74) is 4.20. The Morgan fingerprint density at radius 1 is 1.29 bits per heavy atom. The van der Waals surface area contributed by atoms with Gasteiger partial charge in [0.2, 0.25) is 0 Å². The number of nitrogens with zero attached hydrogens (tertiary/aromatic N) is 1. The fourth-order valence-corrected chi connectivity index (χ4v) is 2.99. The Morgan fingerprint density at radius 3 is 2.67 bits per heavy atom. The van der Waals surface area contributed by atoms with Gasteiger partial charge in [0.05, 0.1) is 0 Å². The molecule has 5 nitrogen and oxygen atoms in total. The van der Waals surface area contributed by atoms with Crippen molar-refractivity contribution in [2.24, 2.45) is 10.5 Å². The van der Waals surface area contributed by atoms with Gasteiger partial charge in [-0.05, 0) is 29.4 Å². The molecule has 1 fully saturated rings. The van der Waals surface area contributed by atoms with Gasteiger partial charge in [-0.25, -0.2) is 5.43 Å². The molecule has 24 heavy (non-hydrogen) atoms. The first-order valence-electron chi connectivity index (χ1n) is 8.34. The van der Waals surface area contributed by atoms with Crippen molar-refractivity contribution in [3.63, 3.8) is 0 Å². The van der Waals surface area contributed by atoms with Gasteiger partial charge in [-0.3, -0.25) is 9.59 Å². The van der Waals surface area contributed by atoms with Crippen molar-refractivity contribution in [3.05, 3.63) is 29.8 Å². The lowest BCUT2D eigenvalue weighted by molar-refractivity contribution is -0.123. The quantitative estimate of drug-likeness (QED) is 0.841. The molecule has 1 N–H and O–H groups in total. The Kier molecular flexibility index (Phi) is 5.75. The molecule has 0 unspecified atom stereocenters. The van der Waals surface area contributed by atoms with E-state index in [0.717, 1.165) is 17.7 Å². The van der Waals surface area contributed by atoms with Crippen LogP contribution in [0.2, 0.25) is 0 Å². The lowest BCUT2D eigenvalue weighted by Crippen LogP contribution is -2.32. The van der Waals surface area contributed by atoms with Crippen LogP contribution in [0.3, 0.4) is 0 Å².